The number of hydrogen-bond acceptors (Lipinski definition) is 3. The van der Waals surface area contributed by atoms with Crippen molar-refractivity contribution in [3.8, 4) is 0 Å². The zero-order valence-corrected chi connectivity index (χ0v) is 11.2. The second kappa shape index (κ2) is 7.11. The molecule has 2 saturated heterocycles. The second-order valence-corrected chi connectivity index (χ2v) is 6.13. The summed E-state index contributed by atoms with van der Waals surface area (Å²) in [6.45, 7) is 2.97. The van der Waals surface area contributed by atoms with Crippen LogP contribution in [0.4, 0.5) is 4.79 Å². The van der Waals surface area contributed by atoms with Crippen molar-refractivity contribution < 1.29 is 4.79 Å². The Bertz CT molecular complexity index is 238. The van der Waals surface area contributed by atoms with E-state index in [0.717, 1.165) is 31.8 Å². The van der Waals surface area contributed by atoms with E-state index in [1.807, 2.05) is 11.8 Å². The third kappa shape index (κ3) is 4.76. The zero-order chi connectivity index (χ0) is 11.9. The SMILES string of the molecule is O=C(NCC1CCCNC1)NC1CCCSC1. The molecule has 0 aromatic rings. The van der Waals surface area contributed by atoms with Crippen molar-refractivity contribution >= 4 is 17.8 Å². The van der Waals surface area contributed by atoms with Gasteiger partial charge in [-0.05, 0) is 50.4 Å². The summed E-state index contributed by atoms with van der Waals surface area (Å²) in [6.07, 6.45) is 4.81. The van der Waals surface area contributed by atoms with Gasteiger partial charge in [-0.2, -0.15) is 11.8 Å². The van der Waals surface area contributed by atoms with E-state index in [1.165, 1.54) is 25.0 Å². The van der Waals surface area contributed by atoms with Crippen molar-refractivity contribution in [1.82, 2.24) is 16.0 Å². The largest absolute Gasteiger partial charge is 0.338 e. The third-order valence-corrected chi connectivity index (χ3v) is 4.66. The lowest BCUT2D eigenvalue weighted by Gasteiger charge is -2.25. The fraction of sp³-hybridized carbons (Fsp3) is 0.917. The monoisotopic (exact) mass is 257 g/mol. The van der Waals surface area contributed by atoms with Gasteiger partial charge in [-0.15, -0.1) is 0 Å². The van der Waals surface area contributed by atoms with Gasteiger partial charge in [0.15, 0.2) is 0 Å². The molecule has 2 aliphatic heterocycles. The number of carbonyl (C=O) groups is 1. The molecule has 3 N–H and O–H groups in total. The van der Waals surface area contributed by atoms with Gasteiger partial charge in [0.05, 0.1) is 0 Å². The molecule has 0 aliphatic carbocycles. The Balaban J connectivity index is 1.59. The van der Waals surface area contributed by atoms with Crippen LogP contribution in [0.5, 0.6) is 0 Å². The molecule has 0 spiro atoms. The summed E-state index contributed by atoms with van der Waals surface area (Å²) in [7, 11) is 0. The minimum absolute atomic E-state index is 0.0167. The summed E-state index contributed by atoms with van der Waals surface area (Å²) in [6, 6.07) is 0.390. The number of thioether (sulfide) groups is 1. The molecule has 17 heavy (non-hydrogen) atoms. The first-order valence-electron chi connectivity index (χ1n) is 6.67. The lowest BCUT2D eigenvalue weighted by molar-refractivity contribution is 0.233. The number of hydrogen-bond donors (Lipinski definition) is 3. The van der Waals surface area contributed by atoms with Crippen molar-refractivity contribution in [3.63, 3.8) is 0 Å². The summed E-state index contributed by atoms with van der Waals surface area (Å²) in [5.74, 6) is 2.92. The fourth-order valence-electron chi connectivity index (χ4n) is 2.43. The number of amides is 2. The van der Waals surface area contributed by atoms with E-state index >= 15 is 0 Å². The van der Waals surface area contributed by atoms with Crippen LogP contribution < -0.4 is 16.0 Å². The van der Waals surface area contributed by atoms with Gasteiger partial charge in [-0.3, -0.25) is 0 Å². The van der Waals surface area contributed by atoms with Crippen LogP contribution >= 0.6 is 11.8 Å². The normalized spacial score (nSPS) is 29.6. The molecule has 4 nitrogen and oxygen atoms in total. The highest BCUT2D eigenvalue weighted by atomic mass is 32.2. The third-order valence-electron chi connectivity index (χ3n) is 3.45. The first-order chi connectivity index (χ1) is 8.34. The molecule has 2 fully saturated rings. The predicted molar refractivity (Wildman–Crippen MR) is 72.5 cm³/mol. The van der Waals surface area contributed by atoms with Gasteiger partial charge < -0.3 is 16.0 Å². The maximum atomic E-state index is 11.7. The number of urea groups is 1. The summed E-state index contributed by atoms with van der Waals surface area (Å²) >= 11 is 1.94. The minimum Gasteiger partial charge on any atom is -0.338 e. The van der Waals surface area contributed by atoms with Gasteiger partial charge in [0, 0.05) is 18.3 Å². The van der Waals surface area contributed by atoms with Crippen LogP contribution in [0.25, 0.3) is 0 Å². The molecule has 0 radical (unpaired) electrons. The summed E-state index contributed by atoms with van der Waals surface area (Å²) in [4.78, 5) is 11.7. The van der Waals surface area contributed by atoms with Gasteiger partial charge in [-0.1, -0.05) is 0 Å². The van der Waals surface area contributed by atoms with Crippen LogP contribution in [0, 0.1) is 5.92 Å². The van der Waals surface area contributed by atoms with E-state index in [1.54, 1.807) is 0 Å². The van der Waals surface area contributed by atoms with Gasteiger partial charge in [0.2, 0.25) is 0 Å². The Morgan fingerprint density at radius 3 is 3.00 bits per heavy atom. The highest BCUT2D eigenvalue weighted by Gasteiger charge is 2.17. The Morgan fingerprint density at radius 1 is 1.35 bits per heavy atom. The van der Waals surface area contributed by atoms with Crippen molar-refractivity contribution in [1.29, 1.82) is 0 Å². The highest BCUT2D eigenvalue weighted by Crippen LogP contribution is 2.16. The molecule has 2 heterocycles. The molecule has 2 unspecified atom stereocenters. The topological polar surface area (TPSA) is 53.2 Å². The average Bonchev–Trinajstić information content (AvgIpc) is 2.39. The summed E-state index contributed by atoms with van der Waals surface area (Å²) in [5, 5.41) is 9.43. The van der Waals surface area contributed by atoms with Crippen LogP contribution in [0.2, 0.25) is 0 Å². The molecular formula is C12H23N3OS. The Morgan fingerprint density at radius 2 is 2.29 bits per heavy atom. The maximum absolute atomic E-state index is 11.7. The van der Waals surface area contributed by atoms with Crippen LogP contribution in [0.3, 0.4) is 0 Å². The molecule has 2 rings (SSSR count). The van der Waals surface area contributed by atoms with Crippen LogP contribution in [-0.2, 0) is 0 Å². The van der Waals surface area contributed by atoms with Crippen LogP contribution in [0.15, 0.2) is 0 Å². The molecule has 0 saturated carbocycles. The lowest BCUT2D eigenvalue weighted by Crippen LogP contribution is -2.47. The minimum atomic E-state index is 0.0167. The number of rotatable bonds is 3. The average molecular weight is 257 g/mol. The molecule has 0 aromatic carbocycles. The van der Waals surface area contributed by atoms with E-state index in [0.29, 0.717) is 12.0 Å². The molecule has 2 atom stereocenters. The molecule has 0 bridgehead atoms. The molecule has 0 aromatic heterocycles. The number of carbonyl (C=O) groups excluding carboxylic acids is 1. The van der Waals surface area contributed by atoms with Gasteiger partial charge in [0.25, 0.3) is 0 Å². The summed E-state index contributed by atoms with van der Waals surface area (Å²) < 4.78 is 0. The zero-order valence-electron chi connectivity index (χ0n) is 10.3. The van der Waals surface area contributed by atoms with Crippen molar-refractivity contribution in [2.75, 3.05) is 31.1 Å². The summed E-state index contributed by atoms with van der Waals surface area (Å²) in [5.41, 5.74) is 0. The van der Waals surface area contributed by atoms with Crippen LogP contribution in [-0.4, -0.2) is 43.2 Å². The quantitative estimate of drug-likeness (QED) is 0.711. The Kier molecular flexibility index (Phi) is 5.45. The first-order valence-corrected chi connectivity index (χ1v) is 7.83. The maximum Gasteiger partial charge on any atom is 0.315 e. The molecule has 2 aliphatic rings. The molecule has 2 amide bonds. The van der Waals surface area contributed by atoms with Crippen LogP contribution in [0.1, 0.15) is 25.7 Å². The Hall–Kier alpha value is -0.420. The molecule has 98 valence electrons. The van der Waals surface area contributed by atoms with E-state index < -0.39 is 0 Å². The highest BCUT2D eigenvalue weighted by molar-refractivity contribution is 7.99. The van der Waals surface area contributed by atoms with Gasteiger partial charge in [0.1, 0.15) is 0 Å². The fourth-order valence-corrected chi connectivity index (χ4v) is 3.50. The van der Waals surface area contributed by atoms with Gasteiger partial charge in [-0.25, -0.2) is 4.79 Å². The smallest absolute Gasteiger partial charge is 0.315 e. The van der Waals surface area contributed by atoms with E-state index in [9.17, 15) is 4.79 Å². The van der Waals surface area contributed by atoms with E-state index in [-0.39, 0.29) is 6.03 Å². The number of piperidine rings is 1. The van der Waals surface area contributed by atoms with E-state index in [4.69, 9.17) is 0 Å². The predicted octanol–water partition coefficient (Wildman–Crippen LogP) is 1.18. The molecule has 5 heteroatoms. The van der Waals surface area contributed by atoms with Crippen molar-refractivity contribution in [2.24, 2.45) is 5.92 Å². The second-order valence-electron chi connectivity index (χ2n) is 4.98. The molecular weight excluding hydrogens is 234 g/mol. The number of nitrogens with one attached hydrogen (secondary N) is 3. The Labute approximate surface area is 108 Å². The van der Waals surface area contributed by atoms with E-state index in [2.05, 4.69) is 16.0 Å². The standard InChI is InChI=1S/C12H23N3OS/c16-12(15-11-4-2-6-17-9-11)14-8-10-3-1-5-13-7-10/h10-11,13H,1-9H2,(H2,14,15,16). The first kappa shape index (κ1) is 13.0. The van der Waals surface area contributed by atoms with Gasteiger partial charge >= 0.3 is 6.03 Å². The van der Waals surface area contributed by atoms with Crippen molar-refractivity contribution in [3.05, 3.63) is 0 Å². The van der Waals surface area contributed by atoms with Crippen molar-refractivity contribution in [2.45, 2.75) is 31.7 Å². The lowest BCUT2D eigenvalue weighted by atomic mass is 10.00.